The smallest absolute Gasteiger partial charge is 0.241 e. The van der Waals surface area contributed by atoms with Gasteiger partial charge in [0.1, 0.15) is 0 Å². The first-order chi connectivity index (χ1) is 9.00. The summed E-state index contributed by atoms with van der Waals surface area (Å²) in [7, 11) is -3.52. The van der Waals surface area contributed by atoms with Crippen molar-refractivity contribution in [2.75, 3.05) is 0 Å². The number of sulfonamides is 1. The van der Waals surface area contributed by atoms with Crippen LogP contribution in [-0.2, 0) is 10.0 Å². The second kappa shape index (κ2) is 6.35. The van der Waals surface area contributed by atoms with E-state index in [0.717, 1.165) is 32.1 Å². The molecule has 1 saturated carbocycles. The molecular weight excluding hydrogens is 328 g/mol. The molecule has 1 fully saturated rings. The van der Waals surface area contributed by atoms with Crippen molar-refractivity contribution in [3.8, 4) is 0 Å². The molecule has 1 aromatic rings. The van der Waals surface area contributed by atoms with Gasteiger partial charge in [0, 0.05) is 16.6 Å². The zero-order valence-electron chi connectivity index (χ0n) is 10.7. The van der Waals surface area contributed by atoms with Gasteiger partial charge in [-0.3, -0.25) is 0 Å². The average molecular weight is 347 g/mol. The zero-order chi connectivity index (χ0) is 13.9. The lowest BCUT2D eigenvalue weighted by molar-refractivity contribution is 0.456. The van der Waals surface area contributed by atoms with Crippen LogP contribution in [0.3, 0.4) is 0 Å². The van der Waals surface area contributed by atoms with Crippen LogP contribution in [0.4, 0.5) is 0 Å². The summed E-state index contributed by atoms with van der Waals surface area (Å²) >= 11 is 3.28. The highest BCUT2D eigenvalue weighted by Gasteiger charge is 2.27. The van der Waals surface area contributed by atoms with Crippen molar-refractivity contribution >= 4 is 26.0 Å². The van der Waals surface area contributed by atoms with Crippen LogP contribution in [0.5, 0.6) is 0 Å². The molecule has 0 spiro atoms. The molecule has 1 aliphatic carbocycles. The SMILES string of the molecule is NC1CCCCCC1NS(=O)(=O)c1ccccc1Br. The minimum Gasteiger partial charge on any atom is -0.326 e. The normalized spacial score (nSPS) is 24.9. The van der Waals surface area contributed by atoms with E-state index >= 15 is 0 Å². The molecule has 1 aromatic carbocycles. The molecule has 6 heteroatoms. The summed E-state index contributed by atoms with van der Waals surface area (Å²) in [5.41, 5.74) is 6.06. The van der Waals surface area contributed by atoms with Crippen molar-refractivity contribution in [3.63, 3.8) is 0 Å². The first kappa shape index (κ1) is 15.0. The van der Waals surface area contributed by atoms with Gasteiger partial charge >= 0.3 is 0 Å². The second-order valence-corrected chi connectivity index (χ2v) is 7.50. The molecule has 0 bridgehead atoms. The Labute approximate surface area is 122 Å². The van der Waals surface area contributed by atoms with Crippen LogP contribution in [-0.4, -0.2) is 20.5 Å². The van der Waals surface area contributed by atoms with Crippen LogP contribution < -0.4 is 10.5 Å². The molecule has 0 aliphatic heterocycles. The number of nitrogens with two attached hydrogens (primary N) is 1. The lowest BCUT2D eigenvalue weighted by atomic mass is 10.1. The standard InChI is InChI=1S/C13H19BrN2O2S/c14-10-6-4-5-9-13(10)19(17,18)16-12-8-3-1-2-7-11(12)15/h4-6,9,11-12,16H,1-3,7-8,15H2. The van der Waals surface area contributed by atoms with Crippen LogP contribution in [0.25, 0.3) is 0 Å². The van der Waals surface area contributed by atoms with E-state index in [1.54, 1.807) is 24.3 Å². The van der Waals surface area contributed by atoms with E-state index in [2.05, 4.69) is 20.7 Å². The van der Waals surface area contributed by atoms with E-state index in [0.29, 0.717) is 4.47 Å². The highest BCUT2D eigenvalue weighted by atomic mass is 79.9. The fraction of sp³-hybridized carbons (Fsp3) is 0.538. The van der Waals surface area contributed by atoms with E-state index in [4.69, 9.17) is 5.73 Å². The lowest BCUT2D eigenvalue weighted by Crippen LogP contribution is -2.46. The number of hydrogen-bond donors (Lipinski definition) is 2. The van der Waals surface area contributed by atoms with E-state index in [9.17, 15) is 8.42 Å². The Morgan fingerprint density at radius 3 is 2.58 bits per heavy atom. The molecule has 2 rings (SSSR count). The van der Waals surface area contributed by atoms with Gasteiger partial charge in [0.05, 0.1) is 4.90 Å². The Morgan fingerprint density at radius 2 is 1.84 bits per heavy atom. The molecule has 1 aliphatic rings. The van der Waals surface area contributed by atoms with Crippen LogP contribution >= 0.6 is 15.9 Å². The van der Waals surface area contributed by atoms with Crippen LogP contribution in [0.15, 0.2) is 33.6 Å². The number of hydrogen-bond acceptors (Lipinski definition) is 3. The van der Waals surface area contributed by atoms with Crippen molar-refractivity contribution in [1.82, 2.24) is 4.72 Å². The fourth-order valence-corrected chi connectivity index (χ4v) is 4.73. The maximum atomic E-state index is 12.4. The van der Waals surface area contributed by atoms with Gasteiger partial charge in [-0.1, -0.05) is 31.4 Å². The molecule has 2 atom stereocenters. The average Bonchev–Trinajstić information content (AvgIpc) is 2.55. The van der Waals surface area contributed by atoms with Crippen molar-refractivity contribution in [1.29, 1.82) is 0 Å². The van der Waals surface area contributed by atoms with E-state index in [1.807, 2.05) is 0 Å². The first-order valence-corrected chi connectivity index (χ1v) is 8.81. The molecule has 3 N–H and O–H groups in total. The lowest BCUT2D eigenvalue weighted by Gasteiger charge is -2.22. The van der Waals surface area contributed by atoms with Crippen molar-refractivity contribution < 1.29 is 8.42 Å². The van der Waals surface area contributed by atoms with Crippen LogP contribution in [0.1, 0.15) is 32.1 Å². The Bertz CT molecular complexity index is 533. The zero-order valence-corrected chi connectivity index (χ0v) is 13.1. The van der Waals surface area contributed by atoms with Gasteiger partial charge in [0.2, 0.25) is 10.0 Å². The van der Waals surface area contributed by atoms with Gasteiger partial charge in [0.15, 0.2) is 0 Å². The molecule has 2 unspecified atom stereocenters. The molecule has 106 valence electrons. The molecule has 0 aromatic heterocycles. The first-order valence-electron chi connectivity index (χ1n) is 6.53. The summed E-state index contributed by atoms with van der Waals surface area (Å²) in [6.07, 6.45) is 4.92. The maximum Gasteiger partial charge on any atom is 0.241 e. The molecule has 19 heavy (non-hydrogen) atoms. The van der Waals surface area contributed by atoms with E-state index in [-0.39, 0.29) is 17.0 Å². The minimum atomic E-state index is -3.52. The summed E-state index contributed by atoms with van der Waals surface area (Å²) in [5, 5.41) is 0. The molecule has 0 amide bonds. The third-order valence-corrected chi connectivity index (χ3v) is 6.00. The molecule has 0 saturated heterocycles. The van der Waals surface area contributed by atoms with E-state index < -0.39 is 10.0 Å². The van der Waals surface area contributed by atoms with E-state index in [1.165, 1.54) is 0 Å². The predicted molar refractivity (Wildman–Crippen MR) is 79.3 cm³/mol. The van der Waals surface area contributed by atoms with Gasteiger partial charge in [-0.05, 0) is 40.9 Å². The Kier molecular flexibility index (Phi) is 5.00. The monoisotopic (exact) mass is 346 g/mol. The molecule has 0 heterocycles. The topological polar surface area (TPSA) is 72.2 Å². The summed E-state index contributed by atoms with van der Waals surface area (Å²) in [5.74, 6) is 0. The number of rotatable bonds is 3. The second-order valence-electron chi connectivity index (χ2n) is 4.96. The quantitative estimate of drug-likeness (QED) is 0.825. The fourth-order valence-electron chi connectivity index (χ4n) is 2.41. The minimum absolute atomic E-state index is 0.0974. The summed E-state index contributed by atoms with van der Waals surface area (Å²) in [6, 6.07) is 6.56. The Balaban J connectivity index is 2.19. The van der Waals surface area contributed by atoms with Gasteiger partial charge in [0.25, 0.3) is 0 Å². The Hall–Kier alpha value is -0.430. The summed E-state index contributed by atoms with van der Waals surface area (Å²) < 4.78 is 28.1. The number of nitrogens with one attached hydrogen (secondary N) is 1. The van der Waals surface area contributed by atoms with Gasteiger partial charge in [-0.25, -0.2) is 13.1 Å². The van der Waals surface area contributed by atoms with Crippen molar-refractivity contribution in [2.24, 2.45) is 5.73 Å². The van der Waals surface area contributed by atoms with Crippen molar-refractivity contribution in [3.05, 3.63) is 28.7 Å². The summed E-state index contributed by atoms with van der Waals surface area (Å²) in [6.45, 7) is 0. The third kappa shape index (κ3) is 3.78. The predicted octanol–water partition coefficient (Wildman–Crippen LogP) is 2.39. The van der Waals surface area contributed by atoms with Gasteiger partial charge in [-0.15, -0.1) is 0 Å². The number of halogens is 1. The van der Waals surface area contributed by atoms with Gasteiger partial charge in [-0.2, -0.15) is 0 Å². The van der Waals surface area contributed by atoms with Crippen molar-refractivity contribution in [2.45, 2.75) is 49.1 Å². The maximum absolute atomic E-state index is 12.4. The summed E-state index contributed by atoms with van der Waals surface area (Å²) in [4.78, 5) is 0.270. The van der Waals surface area contributed by atoms with Crippen LogP contribution in [0.2, 0.25) is 0 Å². The number of benzene rings is 1. The molecule has 0 radical (unpaired) electrons. The highest BCUT2D eigenvalue weighted by molar-refractivity contribution is 9.10. The Morgan fingerprint density at radius 1 is 1.16 bits per heavy atom. The highest BCUT2D eigenvalue weighted by Crippen LogP contribution is 2.23. The third-order valence-electron chi connectivity index (χ3n) is 3.50. The van der Waals surface area contributed by atoms with Crippen LogP contribution in [0, 0.1) is 0 Å². The van der Waals surface area contributed by atoms with Gasteiger partial charge < -0.3 is 5.73 Å². The largest absolute Gasteiger partial charge is 0.326 e. The molecular formula is C13H19BrN2O2S. The molecule has 4 nitrogen and oxygen atoms in total.